The Morgan fingerprint density at radius 3 is 2.75 bits per heavy atom. The minimum Gasteiger partial charge on any atom is -0.331 e. The van der Waals surface area contributed by atoms with Gasteiger partial charge in [-0.05, 0) is 58.7 Å². The second-order valence-electron chi connectivity index (χ2n) is 10.3. The van der Waals surface area contributed by atoms with Crippen LogP contribution in [0.15, 0.2) is 42.6 Å². The Hall–Kier alpha value is -3.68. The number of rotatable bonds is 4. The number of benzene rings is 1. The van der Waals surface area contributed by atoms with E-state index in [1.165, 1.54) is 5.69 Å². The zero-order valence-corrected chi connectivity index (χ0v) is 21.5. The zero-order valence-electron chi connectivity index (χ0n) is 21.5. The molecule has 2 amide bonds. The summed E-state index contributed by atoms with van der Waals surface area (Å²) in [6.07, 6.45) is 3.89. The van der Waals surface area contributed by atoms with Gasteiger partial charge in [0.15, 0.2) is 0 Å². The zero-order chi connectivity index (χ0) is 25.0. The van der Waals surface area contributed by atoms with Crippen LogP contribution in [-0.2, 0) is 18.5 Å². The molecule has 36 heavy (non-hydrogen) atoms. The van der Waals surface area contributed by atoms with E-state index in [4.69, 9.17) is 5.10 Å². The van der Waals surface area contributed by atoms with Gasteiger partial charge in [0.2, 0.25) is 0 Å². The predicted molar refractivity (Wildman–Crippen MR) is 140 cm³/mol. The molecule has 0 radical (unpaired) electrons. The first-order valence-electron chi connectivity index (χ1n) is 12.9. The number of nitrogens with zero attached hydrogens (tertiary/aromatic N) is 6. The minimum absolute atomic E-state index is 0.000610. The van der Waals surface area contributed by atoms with E-state index in [9.17, 15) is 4.79 Å². The summed E-state index contributed by atoms with van der Waals surface area (Å²) in [6, 6.07) is 12.4. The smallest absolute Gasteiger partial charge is 0.317 e. The summed E-state index contributed by atoms with van der Waals surface area (Å²) in [7, 11) is 0. The van der Waals surface area contributed by atoms with Gasteiger partial charge in [-0.3, -0.25) is 14.3 Å². The maximum atomic E-state index is 13.3. The van der Waals surface area contributed by atoms with E-state index in [2.05, 4.69) is 59.1 Å². The number of carbonyl (C=O) groups is 1. The van der Waals surface area contributed by atoms with E-state index in [0.717, 1.165) is 78.1 Å². The SMILES string of the molecule is CCn1nc(C)c(C(C)NC(=O)N2CCC3(CCn4nc(-c5cnc6ccccc6c5)cc43)C2)c1C. The first-order chi connectivity index (χ1) is 17.4. The third kappa shape index (κ3) is 3.58. The molecular formula is C28H33N7O. The molecule has 186 valence electrons. The molecule has 1 spiro atoms. The van der Waals surface area contributed by atoms with Crippen molar-refractivity contribution in [2.45, 2.75) is 65.1 Å². The molecule has 0 saturated carbocycles. The average molecular weight is 484 g/mol. The molecule has 2 aliphatic rings. The van der Waals surface area contributed by atoms with Crippen molar-refractivity contribution in [1.82, 2.24) is 34.8 Å². The minimum atomic E-state index is -0.0875. The van der Waals surface area contributed by atoms with Crippen LogP contribution in [0, 0.1) is 13.8 Å². The van der Waals surface area contributed by atoms with Crippen LogP contribution in [0.25, 0.3) is 22.2 Å². The molecule has 6 rings (SSSR count). The highest BCUT2D eigenvalue weighted by Crippen LogP contribution is 2.44. The number of pyridine rings is 1. The Morgan fingerprint density at radius 1 is 1.14 bits per heavy atom. The number of hydrogen-bond donors (Lipinski definition) is 1. The molecule has 2 atom stereocenters. The molecule has 8 heteroatoms. The van der Waals surface area contributed by atoms with Gasteiger partial charge in [-0.1, -0.05) is 18.2 Å². The molecule has 8 nitrogen and oxygen atoms in total. The third-order valence-electron chi connectivity index (χ3n) is 8.16. The number of para-hydroxylation sites is 1. The Balaban J connectivity index is 1.20. The van der Waals surface area contributed by atoms with E-state index in [-0.39, 0.29) is 17.5 Å². The van der Waals surface area contributed by atoms with Crippen molar-refractivity contribution in [2.24, 2.45) is 0 Å². The number of carbonyl (C=O) groups excluding carboxylic acids is 1. The number of amides is 2. The Kier molecular flexibility index (Phi) is 5.35. The van der Waals surface area contributed by atoms with E-state index in [1.54, 1.807) is 0 Å². The second kappa shape index (κ2) is 8.47. The maximum Gasteiger partial charge on any atom is 0.317 e. The van der Waals surface area contributed by atoms with Gasteiger partial charge >= 0.3 is 6.03 Å². The number of hydrogen-bond acceptors (Lipinski definition) is 4. The van der Waals surface area contributed by atoms with Crippen LogP contribution in [0.4, 0.5) is 4.79 Å². The molecule has 1 N–H and O–H groups in total. The van der Waals surface area contributed by atoms with Crippen LogP contribution in [0.5, 0.6) is 0 Å². The van der Waals surface area contributed by atoms with Crippen LogP contribution >= 0.6 is 0 Å². The molecule has 1 fully saturated rings. The van der Waals surface area contributed by atoms with Gasteiger partial charge in [-0.2, -0.15) is 10.2 Å². The van der Waals surface area contributed by atoms with Gasteiger partial charge in [0, 0.05) is 65.7 Å². The van der Waals surface area contributed by atoms with Crippen LogP contribution in [0.2, 0.25) is 0 Å². The van der Waals surface area contributed by atoms with Gasteiger partial charge < -0.3 is 10.2 Å². The van der Waals surface area contributed by atoms with Crippen LogP contribution in [0.3, 0.4) is 0 Å². The molecule has 1 saturated heterocycles. The maximum absolute atomic E-state index is 13.3. The van der Waals surface area contributed by atoms with Crippen molar-refractivity contribution in [3.63, 3.8) is 0 Å². The molecule has 2 unspecified atom stereocenters. The van der Waals surface area contributed by atoms with E-state index in [1.807, 2.05) is 40.9 Å². The van der Waals surface area contributed by atoms with Crippen molar-refractivity contribution in [3.05, 3.63) is 65.2 Å². The number of aryl methyl sites for hydroxylation is 3. The summed E-state index contributed by atoms with van der Waals surface area (Å²) in [4.78, 5) is 19.9. The lowest BCUT2D eigenvalue weighted by Gasteiger charge is -2.25. The Bertz CT molecular complexity index is 1470. The highest BCUT2D eigenvalue weighted by atomic mass is 16.2. The normalized spacial score (nSPS) is 19.8. The van der Waals surface area contributed by atoms with Crippen molar-refractivity contribution in [3.8, 4) is 11.3 Å². The van der Waals surface area contributed by atoms with Crippen LogP contribution in [0.1, 0.15) is 55.4 Å². The summed E-state index contributed by atoms with van der Waals surface area (Å²) < 4.78 is 4.14. The topological polar surface area (TPSA) is 80.9 Å². The summed E-state index contributed by atoms with van der Waals surface area (Å²) >= 11 is 0. The van der Waals surface area contributed by atoms with Gasteiger partial charge in [0.1, 0.15) is 0 Å². The molecule has 2 aliphatic heterocycles. The molecule has 1 aromatic carbocycles. The van der Waals surface area contributed by atoms with Crippen molar-refractivity contribution in [1.29, 1.82) is 0 Å². The van der Waals surface area contributed by atoms with Gasteiger partial charge in [0.25, 0.3) is 0 Å². The quantitative estimate of drug-likeness (QED) is 0.454. The standard InChI is InChI=1S/C28H33N7O/c1-5-34-20(4)26(19(3)31-34)18(2)30-27(36)33-12-10-28(17-33)11-13-35-25(28)15-24(32-35)22-14-21-8-6-7-9-23(21)29-16-22/h6-9,14-16,18H,5,10-13,17H2,1-4H3,(H,30,36). The number of likely N-dealkylation sites (tertiary alicyclic amines) is 1. The predicted octanol–water partition coefficient (Wildman–Crippen LogP) is 4.75. The third-order valence-corrected chi connectivity index (χ3v) is 8.16. The number of aromatic nitrogens is 5. The molecule has 0 aliphatic carbocycles. The first-order valence-corrected chi connectivity index (χ1v) is 12.9. The molecule has 4 aromatic rings. The van der Waals surface area contributed by atoms with Crippen molar-refractivity contribution >= 4 is 16.9 Å². The molecule has 5 heterocycles. The van der Waals surface area contributed by atoms with Crippen molar-refractivity contribution in [2.75, 3.05) is 13.1 Å². The molecular weight excluding hydrogens is 450 g/mol. The summed E-state index contributed by atoms with van der Waals surface area (Å²) in [6.45, 7) is 11.4. The summed E-state index contributed by atoms with van der Waals surface area (Å²) in [5, 5.41) is 13.9. The Morgan fingerprint density at radius 2 is 1.94 bits per heavy atom. The lowest BCUT2D eigenvalue weighted by Crippen LogP contribution is -2.41. The van der Waals surface area contributed by atoms with E-state index >= 15 is 0 Å². The molecule has 3 aromatic heterocycles. The van der Waals surface area contributed by atoms with Crippen LogP contribution in [-0.4, -0.2) is 48.6 Å². The lowest BCUT2D eigenvalue weighted by molar-refractivity contribution is 0.202. The fraction of sp³-hybridized carbons (Fsp3) is 0.429. The van der Waals surface area contributed by atoms with E-state index in [0.29, 0.717) is 0 Å². The fourth-order valence-electron chi connectivity index (χ4n) is 6.27. The van der Waals surface area contributed by atoms with Gasteiger partial charge in [0.05, 0.1) is 22.9 Å². The highest BCUT2D eigenvalue weighted by Gasteiger charge is 2.47. The number of fused-ring (bicyclic) bond motifs is 3. The van der Waals surface area contributed by atoms with Crippen molar-refractivity contribution < 1.29 is 4.79 Å². The van der Waals surface area contributed by atoms with Crippen LogP contribution < -0.4 is 5.32 Å². The highest BCUT2D eigenvalue weighted by molar-refractivity contribution is 5.83. The summed E-state index contributed by atoms with van der Waals surface area (Å²) in [5.41, 5.74) is 7.41. The van der Waals surface area contributed by atoms with Gasteiger partial charge in [-0.25, -0.2) is 4.79 Å². The van der Waals surface area contributed by atoms with E-state index < -0.39 is 0 Å². The monoisotopic (exact) mass is 483 g/mol. The fourth-order valence-corrected chi connectivity index (χ4v) is 6.27. The largest absolute Gasteiger partial charge is 0.331 e. The lowest BCUT2D eigenvalue weighted by atomic mass is 9.82. The average Bonchev–Trinajstić information content (AvgIpc) is 3.63. The summed E-state index contributed by atoms with van der Waals surface area (Å²) in [5.74, 6) is 0. The Labute approximate surface area is 211 Å². The number of urea groups is 1. The second-order valence-corrected chi connectivity index (χ2v) is 10.3. The number of nitrogens with one attached hydrogen (secondary N) is 1. The molecule has 0 bridgehead atoms. The first kappa shape index (κ1) is 22.8. The van der Waals surface area contributed by atoms with Gasteiger partial charge in [-0.15, -0.1) is 0 Å².